The second-order valence-electron chi connectivity index (χ2n) is 5.51. The first-order valence-corrected chi connectivity index (χ1v) is 7.16. The monoisotopic (exact) mass is 263 g/mol. The number of nitrogens with zero attached hydrogens (tertiary/aromatic N) is 4. The van der Waals surface area contributed by atoms with Crippen molar-refractivity contribution < 1.29 is 4.79 Å². The van der Waals surface area contributed by atoms with E-state index in [4.69, 9.17) is 0 Å². The lowest BCUT2D eigenvalue weighted by Gasteiger charge is -2.37. The maximum absolute atomic E-state index is 12.2. The van der Waals surface area contributed by atoms with E-state index in [9.17, 15) is 4.79 Å². The van der Waals surface area contributed by atoms with Gasteiger partial charge in [-0.3, -0.25) is 14.8 Å². The Bertz CT molecular complexity index is 444. The van der Waals surface area contributed by atoms with Crippen LogP contribution in [0.25, 0.3) is 0 Å². The molecule has 1 aromatic heterocycles. The van der Waals surface area contributed by atoms with E-state index >= 15 is 0 Å². The smallest absolute Gasteiger partial charge is 0.293 e. The van der Waals surface area contributed by atoms with Crippen LogP contribution in [-0.4, -0.2) is 63.1 Å². The van der Waals surface area contributed by atoms with Gasteiger partial charge in [0.1, 0.15) is 5.82 Å². The van der Waals surface area contributed by atoms with Gasteiger partial charge in [-0.25, -0.2) is 4.98 Å². The molecule has 1 aliphatic carbocycles. The summed E-state index contributed by atoms with van der Waals surface area (Å²) in [6, 6.07) is 0.753. The predicted octanol–water partition coefficient (Wildman–Crippen LogP) is 0.814. The number of aromatic amines is 1. The number of hydrogen-bond acceptors (Lipinski definition) is 4. The van der Waals surface area contributed by atoms with Crippen LogP contribution in [0.1, 0.15) is 42.1 Å². The fraction of sp³-hybridized carbons (Fsp3) is 0.769. The maximum Gasteiger partial charge on any atom is 0.293 e. The molecule has 2 aliphatic rings. The molecule has 0 bridgehead atoms. The fourth-order valence-electron chi connectivity index (χ4n) is 3.14. The molecule has 0 unspecified atom stereocenters. The second-order valence-corrected chi connectivity index (χ2v) is 5.51. The summed E-state index contributed by atoms with van der Waals surface area (Å²) in [4.78, 5) is 20.7. The molecular formula is C13H21N5O. The Labute approximate surface area is 113 Å². The van der Waals surface area contributed by atoms with Crippen molar-refractivity contribution in [3.8, 4) is 0 Å². The largest absolute Gasteiger partial charge is 0.333 e. The first-order chi connectivity index (χ1) is 9.24. The Hall–Kier alpha value is -1.43. The highest BCUT2D eigenvalue weighted by atomic mass is 16.2. The molecule has 6 heteroatoms. The average Bonchev–Trinajstić information content (AvgIpc) is 3.09. The van der Waals surface area contributed by atoms with E-state index in [1.54, 1.807) is 0 Å². The summed E-state index contributed by atoms with van der Waals surface area (Å²) in [5.74, 6) is 0.940. The number of piperazine rings is 1. The Kier molecular flexibility index (Phi) is 3.50. The van der Waals surface area contributed by atoms with Gasteiger partial charge >= 0.3 is 0 Å². The lowest BCUT2D eigenvalue weighted by atomic mass is 10.2. The average molecular weight is 263 g/mol. The number of rotatable bonds is 2. The lowest BCUT2D eigenvalue weighted by Crippen LogP contribution is -2.51. The zero-order valence-corrected chi connectivity index (χ0v) is 11.4. The van der Waals surface area contributed by atoms with Crippen LogP contribution < -0.4 is 0 Å². The second kappa shape index (κ2) is 5.28. The molecule has 1 aliphatic heterocycles. The first kappa shape index (κ1) is 12.6. The molecule has 0 radical (unpaired) electrons. The molecule has 1 aromatic rings. The van der Waals surface area contributed by atoms with E-state index in [1.807, 2.05) is 11.8 Å². The molecule has 104 valence electrons. The van der Waals surface area contributed by atoms with Crippen LogP contribution in [0, 0.1) is 6.92 Å². The number of nitrogens with one attached hydrogen (secondary N) is 1. The minimum atomic E-state index is -0.0459. The van der Waals surface area contributed by atoms with Gasteiger partial charge in [-0.1, -0.05) is 12.8 Å². The number of aryl methyl sites for hydroxylation is 1. The zero-order chi connectivity index (χ0) is 13.2. The standard InChI is InChI=1S/C13H21N5O/c1-10-14-12(16-15-10)13(19)18-8-6-17(7-9-18)11-4-2-3-5-11/h11H,2-9H2,1H3,(H,14,15,16). The van der Waals surface area contributed by atoms with Crippen molar-refractivity contribution in [1.82, 2.24) is 25.0 Å². The number of carbonyl (C=O) groups excluding carboxylic acids is 1. The molecule has 2 heterocycles. The molecule has 2 fully saturated rings. The van der Waals surface area contributed by atoms with Crippen molar-refractivity contribution in [3.63, 3.8) is 0 Å². The number of hydrogen-bond donors (Lipinski definition) is 1. The van der Waals surface area contributed by atoms with Crippen LogP contribution in [0.3, 0.4) is 0 Å². The summed E-state index contributed by atoms with van der Waals surface area (Å²) in [5.41, 5.74) is 0. The van der Waals surface area contributed by atoms with Crippen molar-refractivity contribution in [3.05, 3.63) is 11.6 Å². The van der Waals surface area contributed by atoms with Crippen molar-refractivity contribution >= 4 is 5.91 Å². The van der Waals surface area contributed by atoms with Crippen LogP contribution in [0.2, 0.25) is 0 Å². The van der Waals surface area contributed by atoms with Gasteiger partial charge in [-0.05, 0) is 19.8 Å². The maximum atomic E-state index is 12.2. The molecule has 1 saturated heterocycles. The normalized spacial score (nSPS) is 22.1. The van der Waals surface area contributed by atoms with E-state index in [2.05, 4.69) is 20.1 Å². The molecule has 1 amide bonds. The van der Waals surface area contributed by atoms with Crippen LogP contribution in [-0.2, 0) is 0 Å². The van der Waals surface area contributed by atoms with Gasteiger partial charge in [0.2, 0.25) is 5.82 Å². The van der Waals surface area contributed by atoms with Gasteiger partial charge in [-0.15, -0.1) is 5.10 Å². The van der Waals surface area contributed by atoms with E-state index < -0.39 is 0 Å². The van der Waals surface area contributed by atoms with Gasteiger partial charge in [0.15, 0.2) is 0 Å². The van der Waals surface area contributed by atoms with Gasteiger partial charge in [-0.2, -0.15) is 0 Å². The summed E-state index contributed by atoms with van der Waals surface area (Å²) in [7, 11) is 0. The first-order valence-electron chi connectivity index (χ1n) is 7.16. The van der Waals surface area contributed by atoms with Crippen molar-refractivity contribution in [2.75, 3.05) is 26.2 Å². The van der Waals surface area contributed by atoms with E-state index in [0.29, 0.717) is 11.6 Å². The molecule has 6 nitrogen and oxygen atoms in total. The predicted molar refractivity (Wildman–Crippen MR) is 70.9 cm³/mol. The molecule has 0 spiro atoms. The third kappa shape index (κ3) is 2.63. The Morgan fingerprint density at radius 3 is 2.47 bits per heavy atom. The Morgan fingerprint density at radius 1 is 1.21 bits per heavy atom. The third-order valence-electron chi connectivity index (χ3n) is 4.23. The summed E-state index contributed by atoms with van der Waals surface area (Å²) < 4.78 is 0. The zero-order valence-electron chi connectivity index (χ0n) is 11.4. The summed E-state index contributed by atoms with van der Waals surface area (Å²) in [6.45, 7) is 5.37. The minimum Gasteiger partial charge on any atom is -0.333 e. The van der Waals surface area contributed by atoms with E-state index in [-0.39, 0.29) is 5.91 Å². The van der Waals surface area contributed by atoms with Crippen LogP contribution in [0.15, 0.2) is 0 Å². The van der Waals surface area contributed by atoms with Gasteiger partial charge in [0.25, 0.3) is 5.91 Å². The quantitative estimate of drug-likeness (QED) is 0.857. The highest BCUT2D eigenvalue weighted by Crippen LogP contribution is 2.24. The minimum absolute atomic E-state index is 0.0459. The number of aromatic nitrogens is 3. The highest BCUT2D eigenvalue weighted by Gasteiger charge is 2.29. The molecule has 3 rings (SSSR count). The summed E-state index contributed by atoms with van der Waals surface area (Å²) >= 11 is 0. The van der Waals surface area contributed by atoms with Gasteiger partial charge in [0, 0.05) is 32.2 Å². The molecular weight excluding hydrogens is 242 g/mol. The van der Waals surface area contributed by atoms with E-state index in [0.717, 1.165) is 32.2 Å². The van der Waals surface area contributed by atoms with E-state index in [1.165, 1.54) is 25.7 Å². The Balaban J connectivity index is 1.56. The third-order valence-corrected chi connectivity index (χ3v) is 4.23. The van der Waals surface area contributed by atoms with Crippen molar-refractivity contribution in [2.45, 2.75) is 38.6 Å². The van der Waals surface area contributed by atoms with Crippen LogP contribution in [0.4, 0.5) is 0 Å². The summed E-state index contributed by atoms with van der Waals surface area (Å²) in [6.07, 6.45) is 5.38. The molecule has 19 heavy (non-hydrogen) atoms. The van der Waals surface area contributed by atoms with Crippen LogP contribution in [0.5, 0.6) is 0 Å². The lowest BCUT2D eigenvalue weighted by molar-refractivity contribution is 0.0562. The number of H-pyrrole nitrogens is 1. The Morgan fingerprint density at radius 2 is 1.89 bits per heavy atom. The summed E-state index contributed by atoms with van der Waals surface area (Å²) in [5, 5.41) is 6.67. The SMILES string of the molecule is Cc1nc(C(=O)N2CCN(C3CCCC3)CC2)n[nH]1. The number of carbonyl (C=O) groups is 1. The highest BCUT2D eigenvalue weighted by molar-refractivity contribution is 5.90. The molecule has 0 atom stereocenters. The van der Waals surface area contributed by atoms with Gasteiger partial charge < -0.3 is 4.90 Å². The number of amides is 1. The van der Waals surface area contributed by atoms with Crippen molar-refractivity contribution in [2.24, 2.45) is 0 Å². The fourth-order valence-corrected chi connectivity index (χ4v) is 3.14. The van der Waals surface area contributed by atoms with Crippen LogP contribution >= 0.6 is 0 Å². The van der Waals surface area contributed by atoms with Gasteiger partial charge in [0.05, 0.1) is 0 Å². The molecule has 1 N–H and O–H groups in total. The topological polar surface area (TPSA) is 65.1 Å². The molecule has 0 aromatic carbocycles. The van der Waals surface area contributed by atoms with Crippen molar-refractivity contribution in [1.29, 1.82) is 0 Å². The molecule has 1 saturated carbocycles.